The minimum absolute atomic E-state index is 0.00837. The van der Waals surface area contributed by atoms with Crippen LogP contribution in [0, 0.1) is 11.3 Å². The average molecular weight is 389 g/mol. The molecule has 0 spiro atoms. The maximum Gasteiger partial charge on any atom is 0.433 e. The summed E-state index contributed by atoms with van der Waals surface area (Å²) >= 11 is 6.06. The topological polar surface area (TPSA) is 61.6 Å². The third kappa shape index (κ3) is 4.36. The van der Waals surface area contributed by atoms with Crippen molar-refractivity contribution in [3.8, 4) is 6.07 Å². The largest absolute Gasteiger partial charge is 0.433 e. The number of nitriles is 1. The molecule has 136 valence electrons. The van der Waals surface area contributed by atoms with Gasteiger partial charge in [-0.3, -0.25) is 4.98 Å². The summed E-state index contributed by atoms with van der Waals surface area (Å²) < 4.78 is 39.1. The molecule has 0 aliphatic rings. The van der Waals surface area contributed by atoms with E-state index in [-0.39, 0.29) is 11.4 Å². The first-order chi connectivity index (χ1) is 12.9. The number of nitrogens with one attached hydrogen (secondary N) is 1. The van der Waals surface area contributed by atoms with Crippen LogP contribution in [0.25, 0.3) is 0 Å². The Morgan fingerprint density at radius 3 is 2.52 bits per heavy atom. The van der Waals surface area contributed by atoms with Gasteiger partial charge in [-0.25, -0.2) is 4.98 Å². The third-order valence-electron chi connectivity index (χ3n) is 3.75. The van der Waals surface area contributed by atoms with Crippen molar-refractivity contribution < 1.29 is 13.2 Å². The summed E-state index contributed by atoms with van der Waals surface area (Å²) in [4.78, 5) is 7.88. The van der Waals surface area contributed by atoms with Crippen LogP contribution in [0.2, 0.25) is 5.02 Å². The van der Waals surface area contributed by atoms with Crippen molar-refractivity contribution in [1.82, 2.24) is 9.97 Å². The average Bonchev–Trinajstić information content (AvgIpc) is 2.66. The van der Waals surface area contributed by atoms with Crippen LogP contribution in [0.4, 0.5) is 19.0 Å². The van der Waals surface area contributed by atoms with E-state index >= 15 is 0 Å². The summed E-state index contributed by atoms with van der Waals surface area (Å²) in [5, 5.41) is 12.6. The molecular weight excluding hydrogens is 377 g/mol. The van der Waals surface area contributed by atoms with E-state index in [0.29, 0.717) is 16.3 Å². The van der Waals surface area contributed by atoms with Crippen LogP contribution in [-0.4, -0.2) is 9.97 Å². The zero-order chi connectivity index (χ0) is 19.4. The molecule has 1 atom stereocenters. The standard InChI is InChI=1S/C19H12ClF3N4/c20-14-5-3-4-12(10-14)17(15-6-1-2-9-25-15)27-18-13(11-24)7-8-16(26-18)19(21,22)23/h1-10,17H,(H,26,27). The molecule has 0 saturated carbocycles. The lowest BCUT2D eigenvalue weighted by Crippen LogP contribution is -2.17. The van der Waals surface area contributed by atoms with Gasteiger partial charge in [0, 0.05) is 11.2 Å². The molecule has 3 aromatic rings. The quantitative estimate of drug-likeness (QED) is 0.665. The fourth-order valence-corrected chi connectivity index (χ4v) is 2.71. The van der Waals surface area contributed by atoms with Gasteiger partial charge in [0.05, 0.1) is 17.3 Å². The van der Waals surface area contributed by atoms with E-state index in [1.807, 2.05) is 6.07 Å². The van der Waals surface area contributed by atoms with Crippen LogP contribution in [0.1, 0.15) is 28.6 Å². The first kappa shape index (κ1) is 18.7. The van der Waals surface area contributed by atoms with E-state index in [1.165, 1.54) is 0 Å². The fraction of sp³-hybridized carbons (Fsp3) is 0.105. The highest BCUT2D eigenvalue weighted by molar-refractivity contribution is 6.30. The highest BCUT2D eigenvalue weighted by Crippen LogP contribution is 2.32. The normalized spacial score (nSPS) is 12.3. The zero-order valence-corrected chi connectivity index (χ0v) is 14.5. The van der Waals surface area contributed by atoms with Crippen LogP contribution in [-0.2, 0) is 6.18 Å². The van der Waals surface area contributed by atoms with Crippen LogP contribution in [0.3, 0.4) is 0 Å². The second-order valence-electron chi connectivity index (χ2n) is 5.59. The molecule has 0 amide bonds. The molecule has 1 unspecified atom stereocenters. The summed E-state index contributed by atoms with van der Waals surface area (Å²) in [6.45, 7) is 0. The van der Waals surface area contributed by atoms with Gasteiger partial charge in [0.2, 0.25) is 0 Å². The highest BCUT2D eigenvalue weighted by atomic mass is 35.5. The van der Waals surface area contributed by atoms with E-state index in [4.69, 9.17) is 11.6 Å². The molecule has 0 aliphatic carbocycles. The monoisotopic (exact) mass is 388 g/mol. The van der Waals surface area contributed by atoms with Gasteiger partial charge < -0.3 is 5.32 Å². The van der Waals surface area contributed by atoms with E-state index < -0.39 is 17.9 Å². The Morgan fingerprint density at radius 2 is 1.89 bits per heavy atom. The van der Waals surface area contributed by atoms with Gasteiger partial charge in [0.15, 0.2) is 0 Å². The Kier molecular flexibility index (Phi) is 5.28. The van der Waals surface area contributed by atoms with Crippen LogP contribution < -0.4 is 5.32 Å². The molecule has 8 heteroatoms. The Hall–Kier alpha value is -3.11. The van der Waals surface area contributed by atoms with Gasteiger partial charge in [0.1, 0.15) is 17.6 Å². The van der Waals surface area contributed by atoms with Gasteiger partial charge in [0.25, 0.3) is 0 Å². The van der Waals surface area contributed by atoms with Gasteiger partial charge in [-0.2, -0.15) is 18.4 Å². The molecule has 1 aromatic carbocycles. The lowest BCUT2D eigenvalue weighted by molar-refractivity contribution is -0.141. The van der Waals surface area contributed by atoms with Crippen molar-refractivity contribution in [3.63, 3.8) is 0 Å². The number of benzene rings is 1. The number of hydrogen-bond acceptors (Lipinski definition) is 4. The Bertz CT molecular complexity index is 984. The molecular formula is C19H12ClF3N4. The lowest BCUT2D eigenvalue weighted by Gasteiger charge is -2.21. The molecule has 0 saturated heterocycles. The number of hydrogen-bond donors (Lipinski definition) is 1. The molecule has 0 fully saturated rings. The van der Waals surface area contributed by atoms with Gasteiger partial charge in [-0.05, 0) is 42.0 Å². The minimum atomic E-state index is -4.62. The zero-order valence-electron chi connectivity index (χ0n) is 13.7. The molecule has 1 N–H and O–H groups in total. The molecule has 4 nitrogen and oxygen atoms in total. The molecule has 0 bridgehead atoms. The fourth-order valence-electron chi connectivity index (χ4n) is 2.51. The number of anilines is 1. The molecule has 3 rings (SSSR count). The minimum Gasteiger partial charge on any atom is -0.356 e. The smallest absolute Gasteiger partial charge is 0.356 e. The number of aromatic nitrogens is 2. The number of alkyl halides is 3. The predicted octanol–water partition coefficient (Wildman–Crippen LogP) is 5.22. The van der Waals surface area contributed by atoms with Crippen molar-refractivity contribution in [2.45, 2.75) is 12.2 Å². The molecule has 2 heterocycles. The maximum absolute atomic E-state index is 13.0. The Balaban J connectivity index is 2.09. The van der Waals surface area contributed by atoms with Gasteiger partial charge in [-0.1, -0.05) is 29.8 Å². The molecule has 0 aliphatic heterocycles. The van der Waals surface area contributed by atoms with Crippen LogP contribution >= 0.6 is 11.6 Å². The number of rotatable bonds is 4. The van der Waals surface area contributed by atoms with E-state index in [0.717, 1.165) is 12.1 Å². The molecule has 27 heavy (non-hydrogen) atoms. The van der Waals surface area contributed by atoms with E-state index in [2.05, 4.69) is 15.3 Å². The maximum atomic E-state index is 13.0. The predicted molar refractivity (Wildman–Crippen MR) is 95.1 cm³/mol. The highest BCUT2D eigenvalue weighted by Gasteiger charge is 2.33. The lowest BCUT2D eigenvalue weighted by atomic mass is 10.0. The van der Waals surface area contributed by atoms with Gasteiger partial charge in [-0.15, -0.1) is 0 Å². The van der Waals surface area contributed by atoms with E-state index in [1.54, 1.807) is 48.7 Å². The second-order valence-corrected chi connectivity index (χ2v) is 6.03. The summed E-state index contributed by atoms with van der Waals surface area (Å²) in [5.74, 6) is -0.178. The second kappa shape index (κ2) is 7.64. The summed E-state index contributed by atoms with van der Waals surface area (Å²) in [6, 6.07) is 15.1. The van der Waals surface area contributed by atoms with Crippen molar-refractivity contribution in [2.24, 2.45) is 0 Å². The van der Waals surface area contributed by atoms with Crippen molar-refractivity contribution in [2.75, 3.05) is 5.32 Å². The Morgan fingerprint density at radius 1 is 1.07 bits per heavy atom. The summed E-state index contributed by atoms with van der Waals surface area (Å²) in [5.41, 5.74) is 0.119. The first-order valence-corrected chi connectivity index (χ1v) is 8.17. The SMILES string of the molecule is N#Cc1ccc(C(F)(F)F)nc1NC(c1cccc(Cl)c1)c1ccccn1. The van der Waals surface area contributed by atoms with E-state index in [9.17, 15) is 18.4 Å². The summed E-state index contributed by atoms with van der Waals surface area (Å²) in [7, 11) is 0. The number of nitrogens with zero attached hydrogens (tertiary/aromatic N) is 3. The Labute approximate surface area is 158 Å². The number of pyridine rings is 2. The van der Waals surface area contributed by atoms with Crippen LogP contribution in [0.15, 0.2) is 60.8 Å². The number of halogens is 4. The van der Waals surface area contributed by atoms with Crippen molar-refractivity contribution in [1.29, 1.82) is 5.26 Å². The molecule has 0 radical (unpaired) electrons. The van der Waals surface area contributed by atoms with Crippen molar-refractivity contribution in [3.05, 3.63) is 88.3 Å². The first-order valence-electron chi connectivity index (χ1n) is 7.80. The summed E-state index contributed by atoms with van der Waals surface area (Å²) in [6.07, 6.45) is -3.06. The van der Waals surface area contributed by atoms with Crippen LogP contribution in [0.5, 0.6) is 0 Å². The van der Waals surface area contributed by atoms with Gasteiger partial charge >= 0.3 is 6.18 Å². The third-order valence-corrected chi connectivity index (χ3v) is 3.99. The van der Waals surface area contributed by atoms with Crippen molar-refractivity contribution >= 4 is 17.4 Å². The molecule has 2 aromatic heterocycles.